The zero-order chi connectivity index (χ0) is 18.7. The van der Waals surface area contributed by atoms with Gasteiger partial charge in [-0.3, -0.25) is 0 Å². The third-order valence-electron chi connectivity index (χ3n) is 4.21. The van der Waals surface area contributed by atoms with Crippen molar-refractivity contribution in [1.29, 1.82) is 0 Å². The lowest BCUT2D eigenvalue weighted by Crippen LogP contribution is -2.10. The molecule has 0 aliphatic carbocycles. The van der Waals surface area contributed by atoms with E-state index in [2.05, 4.69) is 96.8 Å². The summed E-state index contributed by atoms with van der Waals surface area (Å²) in [6.45, 7) is 10.7. The second kappa shape index (κ2) is 7.12. The first-order valence-electron chi connectivity index (χ1n) is 8.73. The molecule has 5 heteroatoms. The Morgan fingerprint density at radius 3 is 2.27 bits per heavy atom. The Labute approximate surface area is 154 Å². The van der Waals surface area contributed by atoms with Crippen molar-refractivity contribution in [2.75, 3.05) is 10.6 Å². The topological polar surface area (TPSA) is 62.7 Å². The van der Waals surface area contributed by atoms with Crippen molar-refractivity contribution < 1.29 is 0 Å². The van der Waals surface area contributed by atoms with E-state index >= 15 is 0 Å². The molecule has 0 aliphatic heterocycles. The summed E-state index contributed by atoms with van der Waals surface area (Å²) < 4.78 is 0. The van der Waals surface area contributed by atoms with Gasteiger partial charge >= 0.3 is 0 Å². The molecule has 26 heavy (non-hydrogen) atoms. The molecule has 2 aromatic carbocycles. The van der Waals surface area contributed by atoms with E-state index in [1.54, 1.807) is 6.20 Å². The molecule has 0 amide bonds. The number of nitrogens with zero attached hydrogens (tertiary/aromatic N) is 3. The summed E-state index contributed by atoms with van der Waals surface area (Å²) >= 11 is 0. The van der Waals surface area contributed by atoms with Crippen LogP contribution in [-0.4, -0.2) is 15.2 Å². The van der Waals surface area contributed by atoms with Gasteiger partial charge in [-0.2, -0.15) is 10.1 Å². The van der Waals surface area contributed by atoms with Crippen molar-refractivity contribution in [3.8, 4) is 0 Å². The summed E-state index contributed by atoms with van der Waals surface area (Å²) in [5.41, 5.74) is 5.74. The fourth-order valence-electron chi connectivity index (χ4n) is 2.69. The Hall–Kier alpha value is -2.95. The van der Waals surface area contributed by atoms with Gasteiger partial charge < -0.3 is 10.6 Å². The average Bonchev–Trinajstić information content (AvgIpc) is 2.57. The van der Waals surface area contributed by atoms with Crippen molar-refractivity contribution >= 4 is 23.1 Å². The highest BCUT2D eigenvalue weighted by Crippen LogP contribution is 2.25. The van der Waals surface area contributed by atoms with Crippen LogP contribution in [0.3, 0.4) is 0 Å². The molecule has 0 saturated heterocycles. The molecule has 0 bridgehead atoms. The van der Waals surface area contributed by atoms with Crippen LogP contribution >= 0.6 is 0 Å². The van der Waals surface area contributed by atoms with Gasteiger partial charge in [0.25, 0.3) is 0 Å². The molecular formula is C21H25N5. The quantitative estimate of drug-likeness (QED) is 0.673. The molecule has 0 spiro atoms. The minimum atomic E-state index is 0.137. The lowest BCUT2D eigenvalue weighted by atomic mass is 9.87. The van der Waals surface area contributed by atoms with Gasteiger partial charge in [0, 0.05) is 11.4 Å². The van der Waals surface area contributed by atoms with E-state index < -0.39 is 0 Å². The van der Waals surface area contributed by atoms with E-state index in [0.29, 0.717) is 11.8 Å². The Morgan fingerprint density at radius 1 is 0.885 bits per heavy atom. The van der Waals surface area contributed by atoms with Gasteiger partial charge in [0.2, 0.25) is 5.95 Å². The number of benzene rings is 2. The van der Waals surface area contributed by atoms with Crippen LogP contribution in [0.15, 0.2) is 48.7 Å². The second-order valence-corrected chi connectivity index (χ2v) is 7.56. The molecular weight excluding hydrogens is 322 g/mol. The maximum atomic E-state index is 4.50. The molecule has 1 aromatic heterocycles. The molecule has 5 nitrogen and oxygen atoms in total. The predicted octanol–water partition coefficient (Wildman–Crippen LogP) is 5.27. The molecule has 3 aromatic rings. The lowest BCUT2D eigenvalue weighted by Gasteiger charge is -2.19. The lowest BCUT2D eigenvalue weighted by molar-refractivity contribution is 0.590. The van der Waals surface area contributed by atoms with Crippen molar-refractivity contribution in [2.45, 2.75) is 40.0 Å². The highest BCUT2D eigenvalue weighted by atomic mass is 15.3. The van der Waals surface area contributed by atoms with Crippen molar-refractivity contribution in [3.63, 3.8) is 0 Å². The third kappa shape index (κ3) is 4.36. The van der Waals surface area contributed by atoms with Gasteiger partial charge in [0.1, 0.15) is 0 Å². The molecule has 0 atom stereocenters. The molecule has 0 aliphatic rings. The maximum absolute atomic E-state index is 4.50. The zero-order valence-electron chi connectivity index (χ0n) is 16.0. The second-order valence-electron chi connectivity index (χ2n) is 7.56. The first-order chi connectivity index (χ1) is 12.3. The van der Waals surface area contributed by atoms with Gasteiger partial charge in [-0.05, 0) is 48.6 Å². The van der Waals surface area contributed by atoms with Crippen LogP contribution in [0.5, 0.6) is 0 Å². The van der Waals surface area contributed by atoms with E-state index in [9.17, 15) is 0 Å². The first-order valence-corrected chi connectivity index (χ1v) is 8.73. The number of anilines is 4. The monoisotopic (exact) mass is 347 g/mol. The molecule has 3 rings (SSSR count). The number of rotatable bonds is 4. The van der Waals surface area contributed by atoms with Crippen molar-refractivity contribution in [3.05, 3.63) is 65.4 Å². The van der Waals surface area contributed by atoms with E-state index in [4.69, 9.17) is 0 Å². The normalized spacial score (nSPS) is 11.3. The first kappa shape index (κ1) is 17.9. The summed E-state index contributed by atoms with van der Waals surface area (Å²) in [4.78, 5) is 4.50. The van der Waals surface area contributed by atoms with Gasteiger partial charge in [-0.25, -0.2) is 0 Å². The van der Waals surface area contributed by atoms with E-state index in [-0.39, 0.29) is 5.41 Å². The number of aromatic nitrogens is 3. The van der Waals surface area contributed by atoms with E-state index in [1.807, 2.05) is 6.07 Å². The standard InChI is InChI=1S/C21H25N5/c1-14-6-11-18(15(2)12-14)24-20-25-19(13-22-26-20)23-17-9-7-16(8-10-17)21(3,4)5/h6-13H,1-5H3,(H2,23,24,25,26). The third-order valence-corrected chi connectivity index (χ3v) is 4.21. The van der Waals surface area contributed by atoms with Gasteiger partial charge in [-0.15, -0.1) is 5.10 Å². The van der Waals surface area contributed by atoms with Crippen molar-refractivity contribution in [2.24, 2.45) is 0 Å². The smallest absolute Gasteiger partial charge is 0.249 e. The van der Waals surface area contributed by atoms with Crippen LogP contribution < -0.4 is 10.6 Å². The molecule has 1 heterocycles. The van der Waals surface area contributed by atoms with Crippen molar-refractivity contribution in [1.82, 2.24) is 15.2 Å². The molecule has 2 N–H and O–H groups in total. The number of hydrogen-bond donors (Lipinski definition) is 2. The van der Waals surface area contributed by atoms with Crippen LogP contribution in [-0.2, 0) is 5.41 Å². The molecule has 0 fully saturated rings. The highest BCUT2D eigenvalue weighted by Gasteiger charge is 2.13. The zero-order valence-corrected chi connectivity index (χ0v) is 16.0. The van der Waals surface area contributed by atoms with E-state index in [0.717, 1.165) is 16.9 Å². The Balaban J connectivity index is 1.75. The SMILES string of the molecule is Cc1ccc(Nc2nncc(Nc3ccc(C(C)(C)C)cc3)n2)c(C)c1. The van der Waals surface area contributed by atoms with E-state index in [1.165, 1.54) is 11.1 Å². The van der Waals surface area contributed by atoms with Gasteiger partial charge in [0.15, 0.2) is 5.82 Å². The fraction of sp³-hybridized carbons (Fsp3) is 0.286. The molecule has 0 radical (unpaired) electrons. The predicted molar refractivity (Wildman–Crippen MR) is 107 cm³/mol. The van der Waals surface area contributed by atoms with Crippen LogP contribution in [0.1, 0.15) is 37.5 Å². The van der Waals surface area contributed by atoms with Crippen LogP contribution in [0.4, 0.5) is 23.1 Å². The Kier molecular flexibility index (Phi) is 4.89. The minimum Gasteiger partial charge on any atom is -0.339 e. The average molecular weight is 347 g/mol. The largest absolute Gasteiger partial charge is 0.339 e. The Morgan fingerprint density at radius 2 is 1.62 bits per heavy atom. The molecule has 0 unspecified atom stereocenters. The number of nitrogens with one attached hydrogen (secondary N) is 2. The van der Waals surface area contributed by atoms with Crippen LogP contribution in [0, 0.1) is 13.8 Å². The summed E-state index contributed by atoms with van der Waals surface area (Å²) in [5.74, 6) is 1.11. The highest BCUT2D eigenvalue weighted by molar-refractivity contribution is 5.61. The number of hydrogen-bond acceptors (Lipinski definition) is 5. The molecule has 0 saturated carbocycles. The van der Waals surface area contributed by atoms with Gasteiger partial charge in [-0.1, -0.05) is 50.6 Å². The maximum Gasteiger partial charge on any atom is 0.249 e. The summed E-state index contributed by atoms with van der Waals surface area (Å²) in [6.07, 6.45) is 1.62. The fourth-order valence-corrected chi connectivity index (χ4v) is 2.69. The molecule has 134 valence electrons. The summed E-state index contributed by atoms with van der Waals surface area (Å²) in [7, 11) is 0. The van der Waals surface area contributed by atoms with Gasteiger partial charge in [0.05, 0.1) is 6.20 Å². The number of aryl methyl sites for hydroxylation is 2. The minimum absolute atomic E-state index is 0.137. The van der Waals surface area contributed by atoms with Crippen LogP contribution in [0.25, 0.3) is 0 Å². The summed E-state index contributed by atoms with van der Waals surface area (Å²) in [5, 5.41) is 14.6. The Bertz CT molecular complexity index is 895. The van der Waals surface area contributed by atoms with Crippen LogP contribution in [0.2, 0.25) is 0 Å². The summed E-state index contributed by atoms with van der Waals surface area (Å²) in [6, 6.07) is 14.6.